The van der Waals surface area contributed by atoms with Gasteiger partial charge in [0, 0.05) is 125 Å². The van der Waals surface area contributed by atoms with E-state index in [1.54, 1.807) is 12.1 Å². The summed E-state index contributed by atoms with van der Waals surface area (Å²) in [6.07, 6.45) is -1.57. The molecule has 0 unspecified atom stereocenters. The van der Waals surface area contributed by atoms with Crippen molar-refractivity contribution in [2.75, 3.05) is 27.3 Å². The molecule has 6 heterocycles. The van der Waals surface area contributed by atoms with Crippen molar-refractivity contribution < 1.29 is 43.2 Å². The Hall–Kier alpha value is -7.08. The Morgan fingerprint density at radius 1 is 0.495 bits per heavy atom. The number of aromatic nitrogens is 6. The first kappa shape index (κ1) is 84.3. The first-order chi connectivity index (χ1) is 45.0. The van der Waals surface area contributed by atoms with Crippen LogP contribution in [0.1, 0.15) is 161 Å². The number of hydrogen-bond acceptors (Lipinski definition) is 11. The number of aliphatic carboxylic acids is 1. The smallest absolute Gasteiger partial charge is 0.339 e. The minimum Gasteiger partial charge on any atom is -0.479 e. The number of methoxy groups -OCH3 is 2. The van der Waals surface area contributed by atoms with Crippen molar-refractivity contribution >= 4 is 126 Å². The van der Waals surface area contributed by atoms with Gasteiger partial charge in [0.1, 0.15) is 16.9 Å². The Labute approximate surface area is 619 Å². The van der Waals surface area contributed by atoms with Gasteiger partial charge in [-0.25, -0.2) is 42.5 Å². The molecule has 9 rings (SSSR count). The van der Waals surface area contributed by atoms with Crippen LogP contribution in [-0.2, 0) is 51.2 Å². The van der Waals surface area contributed by atoms with Crippen molar-refractivity contribution in [2.45, 2.75) is 186 Å². The lowest BCUT2D eigenvalue weighted by atomic mass is 9.91. The zero-order valence-electron chi connectivity index (χ0n) is 60.4. The number of aromatic amines is 1. The molecule has 0 saturated heterocycles. The van der Waals surface area contributed by atoms with Gasteiger partial charge < -0.3 is 52.6 Å². The van der Waals surface area contributed by atoms with E-state index in [9.17, 15) is 19.5 Å². The molecule has 0 aliphatic heterocycles. The number of carbonyl (C=O) groups excluding carboxylic acids is 2. The van der Waals surface area contributed by atoms with Crippen LogP contribution in [0, 0.1) is 75.5 Å². The quantitative estimate of drug-likeness (QED) is 0.0470. The van der Waals surface area contributed by atoms with Crippen LogP contribution in [0.5, 0.6) is 0 Å². The standard InChI is InChI=1S/C27H32ClN3O3.C26H30ClN3O3.C23H27ClN2O3.3H2S/c1-16-18(3)31(15-9-14-29-7)25-21(16)23(19-10-12-20(28)13-11-19)22(17(2)30-25)24(26(32)33-8)34-27(4,5)6;1-15-17(3)30(14-8-13-28-7)24-20(15)22(18-9-11-19(27)12-10-18)21(16(2)29-24)23(25(31)32)33-26(4,5)6;1-12-13(2)25-21-17(12)19(15-8-10-16(24)11-9-15)18(14(3)26-21)20(22(27)28-7)29-23(4,5)6;;;/h10-13,24H,9,14-15H2,1-6,8H3;9-12,23H,8,13-14H2,1-6H3,(H,31,32);8-11,20H,1-7H3,(H,25,26);3*1H2/t24-;23-;20-;;;/m000.../s1. The van der Waals surface area contributed by atoms with E-state index < -0.39 is 53.0 Å². The van der Waals surface area contributed by atoms with E-state index in [0.717, 1.165) is 113 Å². The molecule has 0 radical (unpaired) electrons. The second-order valence-corrected chi connectivity index (χ2v) is 28.2. The Kier molecular flexibility index (Phi) is 29.8. The van der Waals surface area contributed by atoms with Gasteiger partial charge in [-0.1, -0.05) is 71.2 Å². The summed E-state index contributed by atoms with van der Waals surface area (Å²) in [5.74, 6) is -1.99. The van der Waals surface area contributed by atoms with Crippen LogP contribution >= 0.6 is 75.3 Å². The van der Waals surface area contributed by atoms with Gasteiger partial charge in [-0.2, -0.15) is 40.5 Å². The number of halogens is 3. The number of benzene rings is 3. The topological polar surface area (TPSA) is 191 Å². The molecule has 9 aromatic rings. The number of fused-ring (bicyclic) bond motifs is 3. The molecule has 3 aromatic carbocycles. The third-order valence-corrected chi connectivity index (χ3v) is 17.4. The number of nitrogens with zero attached hydrogens (tertiary/aromatic N) is 7. The van der Waals surface area contributed by atoms with Crippen LogP contribution in [-0.4, -0.2) is 96.2 Å². The third-order valence-electron chi connectivity index (χ3n) is 16.6. The number of pyridine rings is 3. The second-order valence-electron chi connectivity index (χ2n) is 26.9. The Morgan fingerprint density at radius 3 is 1.10 bits per heavy atom. The number of H-pyrrole nitrogens is 1. The van der Waals surface area contributed by atoms with Crippen molar-refractivity contribution in [2.24, 2.45) is 0 Å². The number of ether oxygens (including phenoxy) is 5. The molecule has 17 nitrogen and oxygen atoms in total. The minimum absolute atomic E-state index is 0. The summed E-state index contributed by atoms with van der Waals surface area (Å²) < 4.78 is 33.1. The maximum absolute atomic E-state index is 13.0. The molecule has 0 saturated carbocycles. The van der Waals surface area contributed by atoms with E-state index in [0.29, 0.717) is 75.0 Å². The van der Waals surface area contributed by atoms with E-state index in [4.69, 9.17) is 86.6 Å². The number of carboxylic acid groups (broad SMARTS) is 1. The van der Waals surface area contributed by atoms with E-state index in [1.165, 1.54) is 14.2 Å². The second kappa shape index (κ2) is 35.0. The van der Waals surface area contributed by atoms with Gasteiger partial charge in [0.25, 0.3) is 0 Å². The van der Waals surface area contributed by atoms with Crippen molar-refractivity contribution in [3.63, 3.8) is 0 Å². The first-order valence-electron chi connectivity index (χ1n) is 31.8. The molecule has 0 spiro atoms. The van der Waals surface area contributed by atoms with Gasteiger partial charge in [0.2, 0.25) is 13.1 Å². The summed E-state index contributed by atoms with van der Waals surface area (Å²) in [6, 6.07) is 22.6. The van der Waals surface area contributed by atoms with Crippen molar-refractivity contribution in [3.8, 4) is 33.4 Å². The summed E-state index contributed by atoms with van der Waals surface area (Å²) in [6.45, 7) is 51.4. The molecule has 0 amide bonds. The molecule has 3 atom stereocenters. The van der Waals surface area contributed by atoms with E-state index in [1.807, 2.05) is 171 Å². The SMILES string of the molecule is COC(=O)[C@@H](OC(C)(C)C)c1c(C)nc2[nH]c(C)c(C)c2c1-c1ccc(Cl)cc1.S.S.S.[C-]#[N+]CCCn1c(C)c(C)c2c(-c3ccc(Cl)cc3)c([C@H](OC(C)(C)C)C(=O)O)c(C)nc21.[C-]#[N+]CCCn1c(C)c(C)c2c(-c3ccc(Cl)cc3)c([C@H](OC(C)(C)C)C(=O)OC)c(C)nc21. The molecular weight excluding hydrogens is 1370 g/mol. The number of esters is 2. The summed E-state index contributed by atoms with van der Waals surface area (Å²) in [5, 5.41) is 14.9. The average Bonchev–Trinajstić information content (AvgIpc) is 1.59. The summed E-state index contributed by atoms with van der Waals surface area (Å²) >= 11 is 18.5. The molecular formula is C76H95Cl3N8O9S3. The molecule has 6 aromatic heterocycles. The van der Waals surface area contributed by atoms with E-state index >= 15 is 0 Å². The highest BCUT2D eigenvalue weighted by atomic mass is 35.5. The van der Waals surface area contributed by atoms with E-state index in [2.05, 4.69) is 37.7 Å². The fourth-order valence-electron chi connectivity index (χ4n) is 12.1. The lowest BCUT2D eigenvalue weighted by molar-refractivity contribution is -0.164. The normalized spacial score (nSPS) is 12.3. The number of aryl methyl sites for hydroxylation is 9. The lowest BCUT2D eigenvalue weighted by Gasteiger charge is -2.28. The Morgan fingerprint density at radius 2 is 0.798 bits per heavy atom. The number of carbonyl (C=O) groups is 3. The third kappa shape index (κ3) is 19.5. The van der Waals surface area contributed by atoms with Crippen molar-refractivity contribution in [1.82, 2.24) is 29.1 Å². The maximum atomic E-state index is 13.0. The van der Waals surface area contributed by atoms with Gasteiger partial charge in [-0.15, -0.1) is 0 Å². The van der Waals surface area contributed by atoms with Crippen molar-refractivity contribution in [3.05, 3.63) is 178 Å². The zero-order valence-corrected chi connectivity index (χ0v) is 65.6. The van der Waals surface area contributed by atoms with Gasteiger partial charge >= 0.3 is 17.9 Å². The van der Waals surface area contributed by atoms with Crippen LogP contribution in [0.3, 0.4) is 0 Å². The summed E-state index contributed by atoms with van der Waals surface area (Å²) in [7, 11) is 2.74. The minimum atomic E-state index is -1.18. The van der Waals surface area contributed by atoms with Gasteiger partial charge in [0.05, 0.1) is 31.0 Å². The molecule has 99 heavy (non-hydrogen) atoms. The molecule has 0 aliphatic carbocycles. The Balaban J connectivity index is 0.000000312. The number of rotatable bonds is 18. The molecule has 0 fully saturated rings. The fraction of sp³-hybridized carbons (Fsp3) is 0.421. The average molecular weight is 1470 g/mol. The molecule has 23 heteroatoms. The predicted molar refractivity (Wildman–Crippen MR) is 415 cm³/mol. The molecule has 0 bridgehead atoms. The zero-order chi connectivity index (χ0) is 71.2. The van der Waals surface area contributed by atoms with Crippen LogP contribution in [0.25, 0.3) is 76.2 Å². The van der Waals surface area contributed by atoms with E-state index in [-0.39, 0.29) is 40.5 Å². The molecule has 2 N–H and O–H groups in total. The predicted octanol–water partition coefficient (Wildman–Crippen LogP) is 19.3. The van der Waals surface area contributed by atoms with Gasteiger partial charge in [0.15, 0.2) is 18.3 Å². The number of nitrogens with one attached hydrogen (secondary N) is 1. The highest BCUT2D eigenvalue weighted by molar-refractivity contribution is 7.59. The van der Waals surface area contributed by atoms with Crippen LogP contribution in [0.15, 0.2) is 72.8 Å². The summed E-state index contributed by atoms with van der Waals surface area (Å²) in [4.78, 5) is 63.2. The van der Waals surface area contributed by atoms with Gasteiger partial charge in [-0.05, 0) is 194 Å². The van der Waals surface area contributed by atoms with Crippen LogP contribution in [0.4, 0.5) is 0 Å². The fourth-order valence-corrected chi connectivity index (χ4v) is 12.4. The Bertz CT molecular complexity index is 4460. The largest absolute Gasteiger partial charge is 0.479 e. The van der Waals surface area contributed by atoms with Crippen molar-refractivity contribution in [1.29, 1.82) is 0 Å². The molecule has 532 valence electrons. The maximum Gasteiger partial charge on any atom is 0.339 e. The van der Waals surface area contributed by atoms with Gasteiger partial charge in [-0.3, -0.25) is 0 Å². The highest BCUT2D eigenvalue weighted by Gasteiger charge is 2.38. The number of hydrogen-bond donors (Lipinski definition) is 2. The lowest BCUT2D eigenvalue weighted by Crippen LogP contribution is -2.29. The monoisotopic (exact) mass is 1460 g/mol. The number of carboxylic acids is 1. The molecule has 0 aliphatic rings. The van der Waals surface area contributed by atoms with Crippen LogP contribution < -0.4 is 0 Å². The highest BCUT2D eigenvalue weighted by Crippen LogP contribution is 2.46. The first-order valence-corrected chi connectivity index (χ1v) is 33.0. The summed E-state index contributed by atoms with van der Waals surface area (Å²) in [5.41, 5.74) is 16.3. The van der Waals surface area contributed by atoms with Crippen LogP contribution in [0.2, 0.25) is 15.1 Å².